The molecule has 0 aliphatic heterocycles. The quantitative estimate of drug-likeness (QED) is 0.843. The molecule has 2 unspecified atom stereocenters. The highest BCUT2D eigenvalue weighted by molar-refractivity contribution is 5.82. The standard InChI is InChI=1S/C17H22N2O2/c1-21-16-5-3-2-4-13(16)11-19(15-8-9-15)17(20)12-6-7-14(18)10-12/h2-7,12,14-15H,8-11,18H2,1H3. The molecule has 0 bridgehead atoms. The maximum absolute atomic E-state index is 12.8. The summed E-state index contributed by atoms with van der Waals surface area (Å²) in [5.74, 6) is 0.984. The first-order valence-electron chi connectivity index (χ1n) is 7.55. The van der Waals surface area contributed by atoms with Gasteiger partial charge >= 0.3 is 0 Å². The number of carbonyl (C=O) groups is 1. The van der Waals surface area contributed by atoms with Crippen LogP contribution in [0.25, 0.3) is 0 Å². The van der Waals surface area contributed by atoms with E-state index in [0.717, 1.165) is 30.6 Å². The lowest BCUT2D eigenvalue weighted by molar-refractivity contribution is -0.135. The number of benzene rings is 1. The molecule has 4 nitrogen and oxygen atoms in total. The molecule has 0 heterocycles. The SMILES string of the molecule is COc1ccccc1CN(C(=O)C1C=CC(N)C1)C1CC1. The lowest BCUT2D eigenvalue weighted by atomic mass is 10.1. The van der Waals surface area contributed by atoms with E-state index in [0.29, 0.717) is 12.6 Å². The van der Waals surface area contributed by atoms with Crippen molar-refractivity contribution in [3.63, 3.8) is 0 Å². The van der Waals surface area contributed by atoms with Gasteiger partial charge in [-0.15, -0.1) is 0 Å². The van der Waals surface area contributed by atoms with Gasteiger partial charge in [0.05, 0.1) is 13.0 Å². The number of nitrogens with two attached hydrogens (primary N) is 1. The van der Waals surface area contributed by atoms with Gasteiger partial charge in [-0.2, -0.15) is 0 Å². The average Bonchev–Trinajstić information content (AvgIpc) is 3.25. The molecule has 0 saturated heterocycles. The molecule has 1 aromatic carbocycles. The smallest absolute Gasteiger partial charge is 0.230 e. The summed E-state index contributed by atoms with van der Waals surface area (Å²) in [7, 11) is 1.67. The summed E-state index contributed by atoms with van der Waals surface area (Å²) < 4.78 is 5.40. The van der Waals surface area contributed by atoms with Crippen molar-refractivity contribution in [3.05, 3.63) is 42.0 Å². The first-order valence-corrected chi connectivity index (χ1v) is 7.55. The Hall–Kier alpha value is -1.81. The molecule has 3 rings (SSSR count). The maximum atomic E-state index is 12.8. The molecule has 1 aromatic rings. The minimum atomic E-state index is -0.0599. The number of hydrogen-bond acceptors (Lipinski definition) is 3. The summed E-state index contributed by atoms with van der Waals surface area (Å²) in [6.45, 7) is 0.618. The van der Waals surface area contributed by atoms with E-state index < -0.39 is 0 Å². The summed E-state index contributed by atoms with van der Waals surface area (Å²) in [4.78, 5) is 14.8. The molecule has 4 heteroatoms. The predicted molar refractivity (Wildman–Crippen MR) is 81.8 cm³/mol. The topological polar surface area (TPSA) is 55.6 Å². The molecule has 0 spiro atoms. The molecule has 112 valence electrons. The normalized spacial score (nSPS) is 24.1. The van der Waals surface area contributed by atoms with Gasteiger partial charge in [0.15, 0.2) is 0 Å². The summed E-state index contributed by atoms with van der Waals surface area (Å²) in [6, 6.07) is 8.30. The molecule has 1 saturated carbocycles. The Morgan fingerprint density at radius 3 is 2.71 bits per heavy atom. The van der Waals surface area contributed by atoms with Crippen molar-refractivity contribution in [1.29, 1.82) is 0 Å². The molecular weight excluding hydrogens is 264 g/mol. The zero-order valence-corrected chi connectivity index (χ0v) is 12.4. The molecular formula is C17H22N2O2. The minimum Gasteiger partial charge on any atom is -0.496 e. The van der Waals surface area contributed by atoms with Gasteiger partial charge in [-0.3, -0.25) is 4.79 Å². The third-order valence-corrected chi connectivity index (χ3v) is 4.24. The van der Waals surface area contributed by atoms with Crippen molar-refractivity contribution in [1.82, 2.24) is 4.90 Å². The third-order valence-electron chi connectivity index (χ3n) is 4.24. The first-order chi connectivity index (χ1) is 10.2. The van der Waals surface area contributed by atoms with Gasteiger partial charge in [-0.05, 0) is 25.3 Å². The van der Waals surface area contributed by atoms with Crippen LogP contribution >= 0.6 is 0 Å². The van der Waals surface area contributed by atoms with Crippen LogP contribution in [-0.4, -0.2) is 30.0 Å². The number of para-hydroxylation sites is 1. The fourth-order valence-electron chi connectivity index (χ4n) is 2.91. The van der Waals surface area contributed by atoms with Crippen molar-refractivity contribution in [3.8, 4) is 5.75 Å². The number of hydrogen-bond donors (Lipinski definition) is 1. The summed E-state index contributed by atoms with van der Waals surface area (Å²) in [6.07, 6.45) is 6.84. The van der Waals surface area contributed by atoms with Crippen LogP contribution in [0.5, 0.6) is 5.75 Å². The van der Waals surface area contributed by atoms with Crippen LogP contribution in [0, 0.1) is 5.92 Å². The highest BCUT2D eigenvalue weighted by atomic mass is 16.5. The highest BCUT2D eigenvalue weighted by Crippen LogP contribution is 2.33. The summed E-state index contributed by atoms with van der Waals surface area (Å²) in [5.41, 5.74) is 6.94. The van der Waals surface area contributed by atoms with E-state index in [-0.39, 0.29) is 17.9 Å². The molecule has 2 aliphatic carbocycles. The van der Waals surface area contributed by atoms with Crippen LogP contribution in [-0.2, 0) is 11.3 Å². The Morgan fingerprint density at radius 2 is 2.10 bits per heavy atom. The second-order valence-electron chi connectivity index (χ2n) is 5.90. The number of ether oxygens (including phenoxy) is 1. The van der Waals surface area contributed by atoms with Gasteiger partial charge in [0, 0.05) is 24.2 Å². The number of rotatable bonds is 5. The van der Waals surface area contributed by atoms with Crippen LogP contribution < -0.4 is 10.5 Å². The molecule has 1 amide bonds. The van der Waals surface area contributed by atoms with Crippen LogP contribution in [0.15, 0.2) is 36.4 Å². The molecule has 2 aliphatic rings. The molecule has 2 N–H and O–H groups in total. The van der Waals surface area contributed by atoms with Gasteiger partial charge < -0.3 is 15.4 Å². The average molecular weight is 286 g/mol. The number of nitrogens with zero attached hydrogens (tertiary/aromatic N) is 1. The van der Waals surface area contributed by atoms with E-state index in [1.165, 1.54) is 0 Å². The summed E-state index contributed by atoms with van der Waals surface area (Å²) in [5, 5.41) is 0. The fraction of sp³-hybridized carbons (Fsp3) is 0.471. The van der Waals surface area contributed by atoms with Crippen LogP contribution in [0.1, 0.15) is 24.8 Å². The van der Waals surface area contributed by atoms with Crippen molar-refractivity contribution in [2.45, 2.75) is 37.9 Å². The Labute approximate surface area is 125 Å². The Morgan fingerprint density at radius 1 is 1.33 bits per heavy atom. The number of methoxy groups -OCH3 is 1. The fourth-order valence-corrected chi connectivity index (χ4v) is 2.91. The van der Waals surface area contributed by atoms with E-state index in [2.05, 4.69) is 0 Å². The van der Waals surface area contributed by atoms with Crippen molar-refractivity contribution >= 4 is 5.91 Å². The van der Waals surface area contributed by atoms with E-state index >= 15 is 0 Å². The Kier molecular flexibility index (Phi) is 3.97. The third kappa shape index (κ3) is 3.10. The van der Waals surface area contributed by atoms with Gasteiger partial charge in [-0.25, -0.2) is 0 Å². The molecule has 2 atom stereocenters. The Bertz CT molecular complexity index is 551. The van der Waals surface area contributed by atoms with Crippen LogP contribution in [0.4, 0.5) is 0 Å². The van der Waals surface area contributed by atoms with Gasteiger partial charge in [0.2, 0.25) is 5.91 Å². The van der Waals surface area contributed by atoms with Crippen molar-refractivity contribution in [2.24, 2.45) is 11.7 Å². The van der Waals surface area contributed by atoms with Gasteiger partial charge in [-0.1, -0.05) is 30.4 Å². The number of amides is 1. The monoisotopic (exact) mass is 286 g/mol. The zero-order chi connectivity index (χ0) is 14.8. The molecule has 1 fully saturated rings. The van der Waals surface area contributed by atoms with E-state index in [4.69, 9.17) is 10.5 Å². The van der Waals surface area contributed by atoms with Crippen LogP contribution in [0.2, 0.25) is 0 Å². The number of carbonyl (C=O) groups excluding carboxylic acids is 1. The van der Waals surface area contributed by atoms with E-state index in [1.54, 1.807) is 7.11 Å². The first kappa shape index (κ1) is 14.1. The lowest BCUT2D eigenvalue weighted by Crippen LogP contribution is -2.37. The summed E-state index contributed by atoms with van der Waals surface area (Å²) >= 11 is 0. The largest absolute Gasteiger partial charge is 0.496 e. The molecule has 0 aromatic heterocycles. The predicted octanol–water partition coefficient (Wildman–Crippen LogP) is 2.09. The Balaban J connectivity index is 1.76. The zero-order valence-electron chi connectivity index (χ0n) is 12.4. The van der Waals surface area contributed by atoms with Crippen LogP contribution in [0.3, 0.4) is 0 Å². The lowest BCUT2D eigenvalue weighted by Gasteiger charge is -2.26. The van der Waals surface area contributed by atoms with E-state index in [1.807, 2.05) is 41.3 Å². The molecule has 21 heavy (non-hydrogen) atoms. The second kappa shape index (κ2) is 5.90. The minimum absolute atomic E-state index is 0.0197. The van der Waals surface area contributed by atoms with Crippen molar-refractivity contribution < 1.29 is 9.53 Å². The second-order valence-corrected chi connectivity index (χ2v) is 5.90. The van der Waals surface area contributed by atoms with Gasteiger partial charge in [0.25, 0.3) is 0 Å². The maximum Gasteiger partial charge on any atom is 0.230 e. The molecule has 0 radical (unpaired) electrons. The van der Waals surface area contributed by atoms with Crippen molar-refractivity contribution in [2.75, 3.05) is 7.11 Å². The van der Waals surface area contributed by atoms with Gasteiger partial charge in [0.1, 0.15) is 5.75 Å². The highest BCUT2D eigenvalue weighted by Gasteiger charge is 2.36. The van der Waals surface area contributed by atoms with E-state index in [9.17, 15) is 4.79 Å².